The summed E-state index contributed by atoms with van der Waals surface area (Å²) in [5.41, 5.74) is -0.0275. The van der Waals surface area contributed by atoms with Crippen molar-refractivity contribution >= 4 is 0 Å². The van der Waals surface area contributed by atoms with Crippen molar-refractivity contribution in [3.05, 3.63) is 0 Å². The molecule has 13 heavy (non-hydrogen) atoms. The average molecular weight is 187 g/mol. The van der Waals surface area contributed by atoms with Crippen LogP contribution in [0.4, 0.5) is 0 Å². The first-order valence-electron chi connectivity index (χ1n) is 4.96. The first-order chi connectivity index (χ1) is 5.99. The van der Waals surface area contributed by atoms with Gasteiger partial charge < -0.3 is 10.2 Å². The second-order valence-electron chi connectivity index (χ2n) is 4.91. The highest BCUT2D eigenvalue weighted by atomic mass is 16.3. The smallest absolute Gasteiger partial charge is 0.0670 e. The van der Waals surface area contributed by atoms with Crippen LogP contribution in [0, 0.1) is 5.41 Å². The Hall–Kier alpha value is -0.120. The molecule has 3 heteroatoms. The van der Waals surface area contributed by atoms with E-state index in [2.05, 4.69) is 18.7 Å². The van der Waals surface area contributed by atoms with Gasteiger partial charge in [-0.2, -0.15) is 0 Å². The maximum Gasteiger partial charge on any atom is 0.0670 e. The van der Waals surface area contributed by atoms with Crippen LogP contribution in [-0.4, -0.2) is 47.0 Å². The number of rotatable bonds is 4. The fraction of sp³-hybridized carbons (Fsp3) is 1.00. The molecular weight excluding hydrogens is 166 g/mol. The van der Waals surface area contributed by atoms with Crippen LogP contribution in [0.1, 0.15) is 27.2 Å². The SMILES string of the molecule is CCC(CO)(CO)N1CC(C)(C)C1. The molecule has 2 N–H and O–H groups in total. The van der Waals surface area contributed by atoms with E-state index >= 15 is 0 Å². The summed E-state index contributed by atoms with van der Waals surface area (Å²) in [6, 6.07) is 0. The summed E-state index contributed by atoms with van der Waals surface area (Å²) in [4.78, 5) is 2.19. The molecule has 0 amide bonds. The van der Waals surface area contributed by atoms with E-state index in [-0.39, 0.29) is 18.8 Å². The largest absolute Gasteiger partial charge is 0.394 e. The fourth-order valence-electron chi connectivity index (χ4n) is 2.02. The summed E-state index contributed by atoms with van der Waals surface area (Å²) in [6.07, 6.45) is 0.802. The van der Waals surface area contributed by atoms with Crippen molar-refractivity contribution in [1.29, 1.82) is 0 Å². The molecule has 1 aliphatic rings. The van der Waals surface area contributed by atoms with Gasteiger partial charge >= 0.3 is 0 Å². The number of likely N-dealkylation sites (tertiary alicyclic amines) is 1. The molecule has 0 aromatic carbocycles. The van der Waals surface area contributed by atoms with Gasteiger partial charge in [0, 0.05) is 13.1 Å². The van der Waals surface area contributed by atoms with Crippen molar-refractivity contribution < 1.29 is 10.2 Å². The minimum Gasteiger partial charge on any atom is -0.394 e. The summed E-state index contributed by atoms with van der Waals surface area (Å²) in [6.45, 7) is 8.48. The topological polar surface area (TPSA) is 43.7 Å². The van der Waals surface area contributed by atoms with Crippen LogP contribution in [0.2, 0.25) is 0 Å². The van der Waals surface area contributed by atoms with Gasteiger partial charge in [-0.05, 0) is 11.8 Å². The fourth-order valence-corrected chi connectivity index (χ4v) is 2.02. The van der Waals surface area contributed by atoms with E-state index in [4.69, 9.17) is 0 Å². The monoisotopic (exact) mass is 187 g/mol. The number of hydrogen-bond acceptors (Lipinski definition) is 3. The number of aliphatic hydroxyl groups excluding tert-OH is 2. The summed E-state index contributed by atoms with van der Waals surface area (Å²) in [5, 5.41) is 18.6. The van der Waals surface area contributed by atoms with Crippen LogP contribution < -0.4 is 0 Å². The van der Waals surface area contributed by atoms with E-state index in [9.17, 15) is 10.2 Å². The van der Waals surface area contributed by atoms with Crippen molar-refractivity contribution in [2.45, 2.75) is 32.7 Å². The second kappa shape index (κ2) is 3.56. The molecule has 0 aromatic rings. The zero-order chi connectivity index (χ0) is 10.1. The van der Waals surface area contributed by atoms with Crippen molar-refractivity contribution in [3.63, 3.8) is 0 Å². The Kier molecular flexibility index (Phi) is 3.00. The third-order valence-corrected chi connectivity index (χ3v) is 3.16. The van der Waals surface area contributed by atoms with Crippen LogP contribution in [0.25, 0.3) is 0 Å². The highest BCUT2D eigenvalue weighted by Gasteiger charge is 2.45. The van der Waals surface area contributed by atoms with E-state index in [1.807, 2.05) is 6.92 Å². The van der Waals surface area contributed by atoms with Gasteiger partial charge in [-0.1, -0.05) is 20.8 Å². The quantitative estimate of drug-likeness (QED) is 0.672. The normalized spacial score (nSPS) is 22.8. The van der Waals surface area contributed by atoms with Crippen molar-refractivity contribution in [3.8, 4) is 0 Å². The molecule has 78 valence electrons. The molecule has 1 rings (SSSR count). The molecule has 0 spiro atoms. The van der Waals surface area contributed by atoms with Gasteiger partial charge in [0.05, 0.1) is 18.8 Å². The van der Waals surface area contributed by atoms with Gasteiger partial charge in [-0.25, -0.2) is 0 Å². The number of hydrogen-bond donors (Lipinski definition) is 2. The van der Waals surface area contributed by atoms with Crippen LogP contribution >= 0.6 is 0 Å². The highest BCUT2D eigenvalue weighted by Crippen LogP contribution is 2.35. The van der Waals surface area contributed by atoms with Crippen LogP contribution in [-0.2, 0) is 0 Å². The van der Waals surface area contributed by atoms with Gasteiger partial charge in [0.25, 0.3) is 0 Å². The van der Waals surface area contributed by atoms with Gasteiger partial charge in [-0.15, -0.1) is 0 Å². The second-order valence-corrected chi connectivity index (χ2v) is 4.91. The molecular formula is C10H21NO2. The number of aliphatic hydroxyl groups is 2. The molecule has 3 nitrogen and oxygen atoms in total. The molecule has 0 aromatic heterocycles. The van der Waals surface area contributed by atoms with E-state index in [1.165, 1.54) is 0 Å². The van der Waals surface area contributed by atoms with Gasteiger partial charge in [0.2, 0.25) is 0 Å². The minimum absolute atomic E-state index is 0.0517. The lowest BCUT2D eigenvalue weighted by atomic mass is 9.79. The number of nitrogens with zero attached hydrogens (tertiary/aromatic N) is 1. The standard InChI is InChI=1S/C10H21NO2/c1-4-10(7-12,8-13)11-5-9(2,3)6-11/h12-13H,4-8H2,1-3H3. The van der Waals surface area contributed by atoms with E-state index < -0.39 is 0 Å². The minimum atomic E-state index is -0.379. The van der Waals surface area contributed by atoms with Crippen molar-refractivity contribution in [1.82, 2.24) is 4.90 Å². The maximum absolute atomic E-state index is 9.28. The summed E-state index contributed by atoms with van der Waals surface area (Å²) >= 11 is 0. The third kappa shape index (κ3) is 1.87. The Morgan fingerprint density at radius 1 is 1.23 bits per heavy atom. The Morgan fingerprint density at radius 3 is 1.92 bits per heavy atom. The van der Waals surface area contributed by atoms with Gasteiger partial charge in [-0.3, -0.25) is 4.90 Å². The average Bonchev–Trinajstić information content (AvgIpc) is 2.05. The Balaban J connectivity index is 2.59. The van der Waals surface area contributed by atoms with Crippen LogP contribution in [0.15, 0.2) is 0 Å². The molecule has 0 atom stereocenters. The first kappa shape index (κ1) is 11.0. The molecule has 0 bridgehead atoms. The molecule has 0 radical (unpaired) electrons. The maximum atomic E-state index is 9.28. The zero-order valence-electron chi connectivity index (χ0n) is 8.88. The van der Waals surface area contributed by atoms with Gasteiger partial charge in [0.1, 0.15) is 0 Å². The van der Waals surface area contributed by atoms with E-state index in [0.29, 0.717) is 5.41 Å². The molecule has 0 aliphatic carbocycles. The van der Waals surface area contributed by atoms with E-state index in [0.717, 1.165) is 19.5 Å². The molecule has 0 unspecified atom stereocenters. The zero-order valence-corrected chi connectivity index (χ0v) is 8.88. The molecule has 1 aliphatic heterocycles. The predicted molar refractivity (Wildman–Crippen MR) is 52.5 cm³/mol. The lowest BCUT2D eigenvalue weighted by Crippen LogP contribution is -2.66. The molecule has 1 saturated heterocycles. The Bertz CT molecular complexity index is 159. The molecule has 0 saturated carbocycles. The lowest BCUT2D eigenvalue weighted by Gasteiger charge is -2.55. The van der Waals surface area contributed by atoms with Crippen LogP contribution in [0.5, 0.6) is 0 Å². The Labute approximate surface area is 80.4 Å². The lowest BCUT2D eigenvalue weighted by molar-refractivity contribution is -0.105. The molecule has 1 fully saturated rings. The van der Waals surface area contributed by atoms with E-state index in [1.54, 1.807) is 0 Å². The van der Waals surface area contributed by atoms with Crippen molar-refractivity contribution in [2.24, 2.45) is 5.41 Å². The molecule has 1 heterocycles. The first-order valence-corrected chi connectivity index (χ1v) is 4.96. The van der Waals surface area contributed by atoms with Crippen molar-refractivity contribution in [2.75, 3.05) is 26.3 Å². The predicted octanol–water partition coefficient (Wildman–Crippen LogP) is 0.462. The van der Waals surface area contributed by atoms with Crippen LogP contribution in [0.3, 0.4) is 0 Å². The third-order valence-electron chi connectivity index (χ3n) is 3.16. The highest BCUT2D eigenvalue weighted by molar-refractivity contribution is 4.99. The van der Waals surface area contributed by atoms with Gasteiger partial charge in [0.15, 0.2) is 0 Å². The summed E-state index contributed by atoms with van der Waals surface area (Å²) in [7, 11) is 0. The Morgan fingerprint density at radius 2 is 1.69 bits per heavy atom. The summed E-state index contributed by atoms with van der Waals surface area (Å²) in [5.74, 6) is 0. The summed E-state index contributed by atoms with van der Waals surface area (Å²) < 4.78 is 0.